The fraction of sp³-hybridized carbons (Fsp3) is 0.308. The van der Waals surface area contributed by atoms with Crippen molar-refractivity contribution in [3.05, 3.63) is 89.0 Å². The summed E-state index contributed by atoms with van der Waals surface area (Å²) in [5.41, 5.74) is 2.21. The Morgan fingerprint density at radius 1 is 1.09 bits per heavy atom. The zero-order valence-electron chi connectivity index (χ0n) is 19.8. The average molecular weight is 478 g/mol. The maximum atomic E-state index is 13.2. The number of halogens is 1. The molecule has 2 heterocycles. The number of likely N-dealkylation sites (N-methyl/N-ethyl adjacent to an activating group) is 1. The maximum absolute atomic E-state index is 13.2. The van der Waals surface area contributed by atoms with Gasteiger partial charge in [-0.1, -0.05) is 42.5 Å². The van der Waals surface area contributed by atoms with Crippen molar-refractivity contribution in [2.75, 3.05) is 13.6 Å². The summed E-state index contributed by atoms with van der Waals surface area (Å²) in [6, 6.07) is 16.3. The van der Waals surface area contributed by atoms with Crippen molar-refractivity contribution in [1.29, 1.82) is 0 Å². The average Bonchev–Trinajstić information content (AvgIpc) is 3.23. The molecule has 1 aliphatic rings. The lowest BCUT2D eigenvalue weighted by molar-refractivity contribution is -0.132. The summed E-state index contributed by atoms with van der Waals surface area (Å²) in [6.45, 7) is 3.41. The summed E-state index contributed by atoms with van der Waals surface area (Å²) in [5.74, 6) is -1.32. The second-order valence-electron chi connectivity index (χ2n) is 8.72. The number of amides is 3. The molecule has 1 atom stereocenters. The number of fused-ring (bicyclic) bond motifs is 1. The first-order valence-electron chi connectivity index (χ1n) is 11.5. The number of hydrogen-bond acceptors (Lipinski definition) is 4. The van der Waals surface area contributed by atoms with Crippen LogP contribution < -0.4 is 5.32 Å². The predicted octanol–water partition coefficient (Wildman–Crippen LogP) is 2.85. The highest BCUT2D eigenvalue weighted by molar-refractivity contribution is 5.99. The van der Waals surface area contributed by atoms with Crippen molar-refractivity contribution >= 4 is 17.7 Å². The van der Waals surface area contributed by atoms with Gasteiger partial charge in [-0.05, 0) is 36.6 Å². The van der Waals surface area contributed by atoms with Crippen molar-refractivity contribution in [2.45, 2.75) is 39.0 Å². The Balaban J connectivity index is 1.41. The third kappa shape index (κ3) is 5.74. The molecule has 0 radical (unpaired) electrons. The fourth-order valence-corrected chi connectivity index (χ4v) is 4.10. The van der Waals surface area contributed by atoms with E-state index in [1.54, 1.807) is 35.9 Å². The van der Waals surface area contributed by atoms with Crippen LogP contribution in [-0.2, 0) is 24.4 Å². The van der Waals surface area contributed by atoms with Gasteiger partial charge in [0.15, 0.2) is 5.69 Å². The fourth-order valence-electron chi connectivity index (χ4n) is 4.10. The molecular formula is C26H28FN5O3. The van der Waals surface area contributed by atoms with Gasteiger partial charge in [0.2, 0.25) is 5.91 Å². The third-order valence-corrected chi connectivity index (χ3v) is 5.96. The number of nitrogens with one attached hydrogen (secondary N) is 1. The minimum atomic E-state index is -0.761. The molecule has 0 saturated heterocycles. The topological polar surface area (TPSA) is 87.5 Å². The van der Waals surface area contributed by atoms with Gasteiger partial charge in [0.25, 0.3) is 11.8 Å². The Kier molecular flexibility index (Phi) is 7.24. The van der Waals surface area contributed by atoms with E-state index in [-0.39, 0.29) is 23.3 Å². The summed E-state index contributed by atoms with van der Waals surface area (Å²) < 4.78 is 14.7. The van der Waals surface area contributed by atoms with E-state index >= 15 is 0 Å². The zero-order valence-corrected chi connectivity index (χ0v) is 19.8. The normalized spacial score (nSPS) is 14.1. The van der Waals surface area contributed by atoms with Gasteiger partial charge >= 0.3 is 0 Å². The summed E-state index contributed by atoms with van der Waals surface area (Å²) in [4.78, 5) is 41.9. The van der Waals surface area contributed by atoms with E-state index in [9.17, 15) is 18.8 Å². The van der Waals surface area contributed by atoms with Crippen LogP contribution in [0.25, 0.3) is 0 Å². The minimum absolute atomic E-state index is 0.0855. The van der Waals surface area contributed by atoms with Crippen LogP contribution in [0.15, 0.2) is 60.7 Å². The van der Waals surface area contributed by atoms with E-state index in [0.29, 0.717) is 38.3 Å². The van der Waals surface area contributed by atoms with Crippen molar-refractivity contribution in [3.8, 4) is 0 Å². The number of aryl methyl sites for hydroxylation is 1. The third-order valence-electron chi connectivity index (χ3n) is 5.96. The molecule has 1 aliphatic heterocycles. The molecule has 0 saturated carbocycles. The number of aromatic nitrogens is 2. The van der Waals surface area contributed by atoms with Crippen molar-refractivity contribution in [1.82, 2.24) is 24.9 Å². The quantitative estimate of drug-likeness (QED) is 0.567. The van der Waals surface area contributed by atoms with Crippen LogP contribution in [0.5, 0.6) is 0 Å². The molecular weight excluding hydrogens is 449 g/mol. The highest BCUT2D eigenvalue weighted by Crippen LogP contribution is 2.17. The first-order valence-corrected chi connectivity index (χ1v) is 11.5. The van der Waals surface area contributed by atoms with Crippen molar-refractivity contribution in [2.24, 2.45) is 0 Å². The monoisotopic (exact) mass is 477 g/mol. The van der Waals surface area contributed by atoms with Crippen LogP contribution in [-0.4, -0.2) is 56.9 Å². The molecule has 1 unspecified atom stereocenters. The molecule has 35 heavy (non-hydrogen) atoms. The lowest BCUT2D eigenvalue weighted by atomic mass is 10.2. The molecule has 1 aromatic heterocycles. The summed E-state index contributed by atoms with van der Waals surface area (Å²) in [7, 11) is 1.69. The van der Waals surface area contributed by atoms with Gasteiger partial charge in [0, 0.05) is 39.3 Å². The number of hydrogen-bond donors (Lipinski definition) is 1. The first-order chi connectivity index (χ1) is 16.8. The van der Waals surface area contributed by atoms with E-state index < -0.39 is 11.9 Å². The predicted molar refractivity (Wildman–Crippen MR) is 128 cm³/mol. The Hall–Kier alpha value is -4.01. The smallest absolute Gasteiger partial charge is 0.272 e. The van der Waals surface area contributed by atoms with Crippen LogP contribution >= 0.6 is 0 Å². The molecule has 1 N–H and O–H groups in total. The molecule has 0 fully saturated rings. The van der Waals surface area contributed by atoms with E-state index in [1.807, 2.05) is 30.3 Å². The molecule has 0 spiro atoms. The Morgan fingerprint density at radius 3 is 2.51 bits per heavy atom. The number of carbonyl (C=O) groups is 3. The van der Waals surface area contributed by atoms with Crippen LogP contribution in [0, 0.1) is 5.82 Å². The lowest BCUT2D eigenvalue weighted by Crippen LogP contribution is -2.45. The van der Waals surface area contributed by atoms with Crippen molar-refractivity contribution in [3.63, 3.8) is 0 Å². The lowest BCUT2D eigenvalue weighted by Gasteiger charge is -2.22. The Labute approximate surface area is 203 Å². The molecule has 3 amide bonds. The Bertz CT molecular complexity index is 1210. The van der Waals surface area contributed by atoms with Gasteiger partial charge in [-0.15, -0.1) is 0 Å². The van der Waals surface area contributed by atoms with Gasteiger partial charge in [-0.25, -0.2) is 4.39 Å². The second-order valence-corrected chi connectivity index (χ2v) is 8.72. The molecule has 9 heteroatoms. The highest BCUT2D eigenvalue weighted by Gasteiger charge is 2.28. The van der Waals surface area contributed by atoms with Crippen LogP contribution in [0.1, 0.15) is 45.4 Å². The second kappa shape index (κ2) is 10.5. The summed E-state index contributed by atoms with van der Waals surface area (Å²) in [5, 5.41) is 7.01. The number of benzene rings is 2. The minimum Gasteiger partial charge on any atom is -0.340 e. The first kappa shape index (κ1) is 24.1. The molecule has 8 nitrogen and oxygen atoms in total. The SMILES string of the molecule is CC(NC(=O)c1cc2n(n1)CCCN(Cc1ccc(F)cc1)C2=O)C(=O)N(C)Cc1ccccc1. The Morgan fingerprint density at radius 2 is 1.80 bits per heavy atom. The van der Waals surface area contributed by atoms with E-state index in [2.05, 4.69) is 10.4 Å². The molecule has 4 rings (SSSR count). The largest absolute Gasteiger partial charge is 0.340 e. The number of carbonyl (C=O) groups excluding carboxylic acids is 3. The number of nitrogens with zero attached hydrogens (tertiary/aromatic N) is 4. The van der Waals surface area contributed by atoms with Gasteiger partial charge in [0.05, 0.1) is 0 Å². The number of rotatable bonds is 7. The molecule has 182 valence electrons. The van der Waals surface area contributed by atoms with Gasteiger partial charge in [0.1, 0.15) is 17.6 Å². The van der Waals surface area contributed by atoms with E-state index in [1.165, 1.54) is 22.9 Å². The summed E-state index contributed by atoms with van der Waals surface area (Å²) >= 11 is 0. The molecule has 0 aliphatic carbocycles. The molecule has 3 aromatic rings. The van der Waals surface area contributed by atoms with E-state index in [0.717, 1.165) is 11.1 Å². The van der Waals surface area contributed by atoms with Crippen molar-refractivity contribution < 1.29 is 18.8 Å². The van der Waals surface area contributed by atoms with Gasteiger partial charge in [-0.3, -0.25) is 19.1 Å². The summed E-state index contributed by atoms with van der Waals surface area (Å²) in [6.07, 6.45) is 0.668. The standard InChI is InChI=1S/C26H28FN5O3/c1-18(25(34)30(2)16-19-7-4-3-5-8-19)28-24(33)22-15-23-26(35)31(13-6-14-32(23)29-22)17-20-9-11-21(27)12-10-20/h3-5,7-12,15,18H,6,13-14,16-17H2,1-2H3,(H,28,33). The maximum Gasteiger partial charge on any atom is 0.272 e. The van der Waals surface area contributed by atoms with Crippen LogP contribution in [0.2, 0.25) is 0 Å². The highest BCUT2D eigenvalue weighted by atomic mass is 19.1. The molecule has 2 aromatic carbocycles. The van der Waals surface area contributed by atoms with Gasteiger partial charge in [-0.2, -0.15) is 5.10 Å². The van der Waals surface area contributed by atoms with Gasteiger partial charge < -0.3 is 15.1 Å². The van der Waals surface area contributed by atoms with E-state index in [4.69, 9.17) is 0 Å². The van der Waals surface area contributed by atoms with Crippen LogP contribution in [0.3, 0.4) is 0 Å². The molecule has 0 bridgehead atoms. The zero-order chi connectivity index (χ0) is 24.9. The van der Waals surface area contributed by atoms with Crippen LogP contribution in [0.4, 0.5) is 4.39 Å².